The quantitative estimate of drug-likeness (QED) is 0.731. The molecule has 1 aromatic heterocycles. The molecule has 0 unspecified atom stereocenters. The van der Waals surface area contributed by atoms with E-state index in [1.807, 2.05) is 12.1 Å². The Morgan fingerprint density at radius 3 is 2.45 bits per heavy atom. The highest BCUT2D eigenvalue weighted by Gasteiger charge is 2.43. The van der Waals surface area contributed by atoms with Gasteiger partial charge in [0.1, 0.15) is 11.4 Å². The second-order valence-electron chi connectivity index (χ2n) is 9.16. The molecule has 0 spiro atoms. The van der Waals surface area contributed by atoms with E-state index in [1.165, 1.54) is 36.8 Å². The fourth-order valence-corrected chi connectivity index (χ4v) is 5.59. The summed E-state index contributed by atoms with van der Waals surface area (Å²) in [5.41, 5.74) is 5.15. The lowest BCUT2D eigenvalue weighted by molar-refractivity contribution is -0.0626. The van der Waals surface area contributed by atoms with E-state index in [9.17, 15) is 5.11 Å². The zero-order valence-corrected chi connectivity index (χ0v) is 17.2. The number of hydrogen-bond donors (Lipinski definition) is 2. The molecule has 4 aliphatic rings. The molecule has 2 N–H and O–H groups in total. The number of rotatable bonds is 5. The summed E-state index contributed by atoms with van der Waals surface area (Å²) in [7, 11) is 1.79. The number of phenolic OH excluding ortho intramolecular Hbond substituents is 1. The maximum absolute atomic E-state index is 10.6. The van der Waals surface area contributed by atoms with E-state index in [0.29, 0.717) is 17.9 Å². The monoisotopic (exact) mass is 391 g/mol. The minimum Gasteiger partial charge on any atom is -0.507 e. The van der Waals surface area contributed by atoms with Crippen molar-refractivity contribution in [2.24, 2.45) is 0 Å². The van der Waals surface area contributed by atoms with E-state index in [4.69, 9.17) is 4.74 Å². The summed E-state index contributed by atoms with van der Waals surface area (Å²) < 4.78 is 5.60. The predicted octanol–water partition coefficient (Wildman–Crippen LogP) is 5.23. The van der Waals surface area contributed by atoms with Crippen LogP contribution in [0.25, 0.3) is 17.3 Å². The molecule has 6 rings (SSSR count). The summed E-state index contributed by atoms with van der Waals surface area (Å²) >= 11 is 0. The number of aromatic nitrogens is 2. The van der Waals surface area contributed by atoms with Gasteiger partial charge in [-0.25, -0.2) is 0 Å². The molecule has 5 nitrogen and oxygen atoms in total. The van der Waals surface area contributed by atoms with Crippen LogP contribution in [0.15, 0.2) is 24.8 Å². The highest BCUT2D eigenvalue weighted by Crippen LogP contribution is 2.54. The highest BCUT2D eigenvalue weighted by atomic mass is 16.5. The lowest BCUT2D eigenvalue weighted by Crippen LogP contribution is -2.50. The minimum atomic E-state index is -0.0250. The molecular formula is C24H29N3O2. The van der Waals surface area contributed by atoms with Gasteiger partial charge in [-0.05, 0) is 80.5 Å². The normalized spacial score (nSPS) is 29.8. The summed E-state index contributed by atoms with van der Waals surface area (Å²) in [4.78, 5) is 0. The molecule has 152 valence electrons. The zero-order chi connectivity index (χ0) is 20.2. The summed E-state index contributed by atoms with van der Waals surface area (Å²) in [5, 5.41) is 23.6. The van der Waals surface area contributed by atoms with Crippen molar-refractivity contribution in [3.05, 3.63) is 41.5 Å². The Kier molecular flexibility index (Phi) is 4.39. The molecule has 5 heteroatoms. The number of fused-ring (bicyclic) bond motifs is 2. The van der Waals surface area contributed by atoms with E-state index in [2.05, 4.69) is 29.0 Å². The Balaban J connectivity index is 1.55. The van der Waals surface area contributed by atoms with E-state index in [1.54, 1.807) is 19.3 Å². The largest absolute Gasteiger partial charge is 0.507 e. The smallest absolute Gasteiger partial charge is 0.152 e. The van der Waals surface area contributed by atoms with Gasteiger partial charge >= 0.3 is 0 Å². The van der Waals surface area contributed by atoms with Crippen LogP contribution in [-0.2, 0) is 4.74 Å². The average molecular weight is 392 g/mol. The maximum atomic E-state index is 10.6. The first-order valence-electron chi connectivity index (χ1n) is 10.7. The van der Waals surface area contributed by atoms with Crippen LogP contribution in [0.2, 0.25) is 0 Å². The van der Waals surface area contributed by atoms with Crippen LogP contribution in [0.4, 0.5) is 5.82 Å². The first kappa shape index (κ1) is 18.6. The Morgan fingerprint density at radius 2 is 1.83 bits per heavy atom. The predicted molar refractivity (Wildman–Crippen MR) is 115 cm³/mol. The van der Waals surface area contributed by atoms with Gasteiger partial charge in [0.05, 0.1) is 5.60 Å². The van der Waals surface area contributed by atoms with Crippen molar-refractivity contribution in [1.29, 1.82) is 0 Å². The number of nitrogens with one attached hydrogen (secondary N) is 1. The molecule has 0 amide bonds. The molecule has 2 fully saturated rings. The molecule has 29 heavy (non-hydrogen) atoms. The Hall–Kier alpha value is -2.40. The summed E-state index contributed by atoms with van der Waals surface area (Å²) in [6.07, 6.45) is 8.56. The Labute approximate surface area is 172 Å². The third kappa shape index (κ3) is 3.03. The van der Waals surface area contributed by atoms with Crippen molar-refractivity contribution >= 4 is 11.9 Å². The summed E-state index contributed by atoms with van der Waals surface area (Å²) in [6, 6.07) is 6.06. The average Bonchev–Trinajstić information content (AvgIpc) is 2.73. The molecule has 0 saturated heterocycles. The molecule has 0 radical (unpaired) electrons. The van der Waals surface area contributed by atoms with Crippen molar-refractivity contribution < 1.29 is 9.84 Å². The van der Waals surface area contributed by atoms with Gasteiger partial charge in [-0.1, -0.05) is 18.7 Å². The zero-order valence-electron chi connectivity index (χ0n) is 17.2. The number of phenols is 1. The number of nitrogens with zero attached hydrogens (tertiary/aromatic N) is 2. The van der Waals surface area contributed by atoms with Gasteiger partial charge in [-0.2, -0.15) is 0 Å². The van der Waals surface area contributed by atoms with E-state index in [-0.39, 0.29) is 11.4 Å². The van der Waals surface area contributed by atoms with Gasteiger partial charge in [0.15, 0.2) is 5.82 Å². The Bertz CT molecular complexity index is 957. The molecule has 2 bridgehead atoms. The minimum absolute atomic E-state index is 0.0250. The molecule has 2 saturated carbocycles. The second-order valence-corrected chi connectivity index (χ2v) is 9.16. The SMILES string of the molecule is C=Cc1ccc(-c2nnc(NC3CC(C)(OC)C3)c3c2C2CCC3CC2)c(O)c1. The first-order valence-corrected chi connectivity index (χ1v) is 10.7. The van der Waals surface area contributed by atoms with Gasteiger partial charge in [0.2, 0.25) is 0 Å². The van der Waals surface area contributed by atoms with Gasteiger partial charge < -0.3 is 15.2 Å². The van der Waals surface area contributed by atoms with Gasteiger partial charge in [0, 0.05) is 24.3 Å². The van der Waals surface area contributed by atoms with Crippen LogP contribution < -0.4 is 5.32 Å². The van der Waals surface area contributed by atoms with E-state index < -0.39 is 0 Å². The molecular weight excluding hydrogens is 362 g/mol. The van der Waals surface area contributed by atoms with Gasteiger partial charge in [-0.15, -0.1) is 10.2 Å². The van der Waals surface area contributed by atoms with Crippen molar-refractivity contribution in [3.8, 4) is 17.0 Å². The van der Waals surface area contributed by atoms with Crippen molar-refractivity contribution in [2.45, 2.75) is 68.9 Å². The van der Waals surface area contributed by atoms with E-state index in [0.717, 1.165) is 35.5 Å². The molecule has 2 aromatic rings. The standard InChI is InChI=1S/C24H29N3O2/c1-4-14-5-10-18(19(28)11-14)22-20-15-6-8-16(9-7-15)21(20)23(27-26-22)25-17-12-24(2,13-17)29-3/h4-5,10-11,15-17,28H,1,6-9,12-13H2,2-3H3,(H,25,27). The molecule has 0 aliphatic heterocycles. The summed E-state index contributed by atoms with van der Waals surface area (Å²) in [5.74, 6) is 2.24. The number of benzene rings is 1. The summed E-state index contributed by atoms with van der Waals surface area (Å²) in [6.45, 7) is 5.95. The molecule has 1 heterocycles. The molecule has 4 aliphatic carbocycles. The molecule has 1 aromatic carbocycles. The van der Waals surface area contributed by atoms with Crippen LogP contribution in [0, 0.1) is 0 Å². The lowest BCUT2D eigenvalue weighted by atomic mass is 9.66. The van der Waals surface area contributed by atoms with E-state index >= 15 is 0 Å². The van der Waals surface area contributed by atoms with Crippen molar-refractivity contribution in [1.82, 2.24) is 10.2 Å². The number of ether oxygens (including phenoxy) is 1. The molecule has 0 atom stereocenters. The second kappa shape index (κ2) is 6.84. The van der Waals surface area contributed by atoms with Gasteiger partial charge in [0.25, 0.3) is 0 Å². The first-order chi connectivity index (χ1) is 14.0. The van der Waals surface area contributed by atoms with Crippen LogP contribution in [0.5, 0.6) is 5.75 Å². The highest BCUT2D eigenvalue weighted by molar-refractivity contribution is 5.75. The topological polar surface area (TPSA) is 67.3 Å². The Morgan fingerprint density at radius 1 is 1.14 bits per heavy atom. The third-order valence-electron chi connectivity index (χ3n) is 7.30. The number of hydrogen-bond acceptors (Lipinski definition) is 5. The van der Waals surface area contributed by atoms with Crippen LogP contribution >= 0.6 is 0 Å². The van der Waals surface area contributed by atoms with Crippen LogP contribution in [-0.4, -0.2) is 34.1 Å². The number of anilines is 1. The van der Waals surface area contributed by atoms with Crippen LogP contribution in [0.1, 0.15) is 74.0 Å². The number of aromatic hydroxyl groups is 1. The number of methoxy groups -OCH3 is 1. The fourth-order valence-electron chi connectivity index (χ4n) is 5.59. The third-order valence-corrected chi connectivity index (χ3v) is 7.30. The lowest BCUT2D eigenvalue weighted by Gasteiger charge is -2.45. The van der Waals surface area contributed by atoms with Crippen molar-refractivity contribution in [2.75, 3.05) is 12.4 Å². The maximum Gasteiger partial charge on any atom is 0.152 e. The van der Waals surface area contributed by atoms with Gasteiger partial charge in [-0.3, -0.25) is 0 Å². The fraction of sp³-hybridized carbons (Fsp3) is 0.500. The van der Waals surface area contributed by atoms with Crippen LogP contribution in [0.3, 0.4) is 0 Å². The van der Waals surface area contributed by atoms with Crippen molar-refractivity contribution in [3.63, 3.8) is 0 Å².